The third-order valence-corrected chi connectivity index (χ3v) is 2.61. The number of nitro benzene ring substituents is 1. The van der Waals surface area contributed by atoms with Gasteiger partial charge in [-0.3, -0.25) is 14.9 Å². The normalized spacial score (nSPS) is 10.1. The summed E-state index contributed by atoms with van der Waals surface area (Å²) in [6.07, 6.45) is 0. The van der Waals surface area contributed by atoms with E-state index in [1.165, 1.54) is 7.05 Å². The Morgan fingerprint density at radius 2 is 2.24 bits per heavy atom. The molecule has 0 aliphatic heterocycles. The first kappa shape index (κ1) is 13.4. The number of rotatable bonds is 4. The van der Waals surface area contributed by atoms with Crippen LogP contribution in [0.25, 0.3) is 0 Å². The average molecular weight is 307 g/mol. The third kappa shape index (κ3) is 3.13. The smallest absolute Gasteiger partial charge is 0.323 e. The Morgan fingerprint density at radius 1 is 1.65 bits per heavy atom. The molecule has 1 aromatic carbocycles. The SMILES string of the molecule is CN(CC(=O)O)c1cc(F)c(Br)cc1[N+](=O)[O-]. The van der Waals surface area contributed by atoms with Gasteiger partial charge in [-0.2, -0.15) is 0 Å². The van der Waals surface area contributed by atoms with Gasteiger partial charge in [0.2, 0.25) is 0 Å². The van der Waals surface area contributed by atoms with E-state index in [1.807, 2.05) is 0 Å². The Balaban J connectivity index is 3.25. The van der Waals surface area contributed by atoms with Gasteiger partial charge in [-0.15, -0.1) is 0 Å². The van der Waals surface area contributed by atoms with Crippen molar-refractivity contribution in [2.75, 3.05) is 18.5 Å². The largest absolute Gasteiger partial charge is 0.480 e. The van der Waals surface area contributed by atoms with Crippen LogP contribution in [0.1, 0.15) is 0 Å². The van der Waals surface area contributed by atoms with E-state index in [4.69, 9.17) is 5.11 Å². The summed E-state index contributed by atoms with van der Waals surface area (Å²) in [6, 6.07) is 1.92. The molecule has 0 saturated heterocycles. The maximum absolute atomic E-state index is 13.3. The minimum atomic E-state index is -1.16. The Bertz CT molecular complexity index is 480. The zero-order chi connectivity index (χ0) is 13.2. The average Bonchev–Trinajstić information content (AvgIpc) is 2.19. The van der Waals surface area contributed by atoms with Crippen LogP contribution in [0.2, 0.25) is 0 Å². The zero-order valence-corrected chi connectivity index (χ0v) is 10.3. The summed E-state index contributed by atoms with van der Waals surface area (Å²) in [5.74, 6) is -1.85. The van der Waals surface area contributed by atoms with Gasteiger partial charge in [0.05, 0.1) is 9.40 Å². The monoisotopic (exact) mass is 306 g/mol. The molecule has 0 spiro atoms. The van der Waals surface area contributed by atoms with E-state index in [1.54, 1.807) is 0 Å². The van der Waals surface area contributed by atoms with Crippen molar-refractivity contribution < 1.29 is 19.2 Å². The lowest BCUT2D eigenvalue weighted by molar-refractivity contribution is -0.384. The lowest BCUT2D eigenvalue weighted by atomic mass is 10.2. The Hall–Kier alpha value is -1.70. The summed E-state index contributed by atoms with van der Waals surface area (Å²) < 4.78 is 13.2. The topological polar surface area (TPSA) is 83.7 Å². The molecular weight excluding hydrogens is 299 g/mol. The Kier molecular flexibility index (Phi) is 4.00. The molecule has 0 amide bonds. The second-order valence-electron chi connectivity index (χ2n) is 3.26. The molecule has 0 fully saturated rings. The lowest BCUT2D eigenvalue weighted by Gasteiger charge is -2.16. The molecule has 1 N–H and O–H groups in total. The maximum atomic E-state index is 13.3. The molecular formula is C9H8BrFN2O4. The molecule has 8 heteroatoms. The van der Waals surface area contributed by atoms with Crippen molar-refractivity contribution in [3.63, 3.8) is 0 Å². The molecule has 0 bridgehead atoms. The van der Waals surface area contributed by atoms with Gasteiger partial charge in [-0.1, -0.05) is 0 Å². The summed E-state index contributed by atoms with van der Waals surface area (Å²) >= 11 is 2.83. The number of carboxylic acids is 1. The molecule has 0 heterocycles. The van der Waals surface area contributed by atoms with Gasteiger partial charge in [-0.25, -0.2) is 4.39 Å². The van der Waals surface area contributed by atoms with Crippen LogP contribution >= 0.6 is 15.9 Å². The molecule has 0 unspecified atom stereocenters. The van der Waals surface area contributed by atoms with E-state index in [0.29, 0.717) is 0 Å². The van der Waals surface area contributed by atoms with Crippen molar-refractivity contribution in [2.24, 2.45) is 0 Å². The summed E-state index contributed by atoms with van der Waals surface area (Å²) in [7, 11) is 1.34. The predicted molar refractivity (Wildman–Crippen MR) is 61.7 cm³/mol. The van der Waals surface area contributed by atoms with E-state index < -0.39 is 23.3 Å². The summed E-state index contributed by atoms with van der Waals surface area (Å²) in [5.41, 5.74) is -0.444. The van der Waals surface area contributed by atoms with Crippen LogP contribution in [0.3, 0.4) is 0 Å². The van der Waals surface area contributed by atoms with Crippen molar-refractivity contribution in [1.29, 1.82) is 0 Å². The number of benzene rings is 1. The number of carboxylic acid groups (broad SMARTS) is 1. The molecule has 1 aromatic rings. The van der Waals surface area contributed by atoms with Gasteiger partial charge in [0, 0.05) is 19.2 Å². The zero-order valence-electron chi connectivity index (χ0n) is 8.68. The number of nitro groups is 1. The second-order valence-corrected chi connectivity index (χ2v) is 4.12. The molecule has 0 radical (unpaired) electrons. The van der Waals surface area contributed by atoms with Crippen LogP contribution in [0, 0.1) is 15.9 Å². The fraction of sp³-hybridized carbons (Fsp3) is 0.222. The van der Waals surface area contributed by atoms with E-state index in [2.05, 4.69) is 15.9 Å². The van der Waals surface area contributed by atoms with Crippen molar-refractivity contribution in [3.05, 3.63) is 32.5 Å². The first-order valence-corrected chi connectivity index (χ1v) is 5.18. The number of nitrogens with zero attached hydrogens (tertiary/aromatic N) is 2. The minimum Gasteiger partial charge on any atom is -0.480 e. The fourth-order valence-electron chi connectivity index (χ4n) is 1.27. The molecule has 1 rings (SSSR count). The molecule has 92 valence electrons. The van der Waals surface area contributed by atoms with Gasteiger partial charge < -0.3 is 10.0 Å². The number of carbonyl (C=O) groups is 1. The molecule has 0 aliphatic carbocycles. The highest BCUT2D eigenvalue weighted by molar-refractivity contribution is 9.10. The highest BCUT2D eigenvalue weighted by Crippen LogP contribution is 2.32. The molecule has 6 nitrogen and oxygen atoms in total. The van der Waals surface area contributed by atoms with Crippen LogP contribution in [-0.2, 0) is 4.79 Å². The summed E-state index contributed by atoms with van der Waals surface area (Å²) in [4.78, 5) is 21.7. The first-order valence-electron chi connectivity index (χ1n) is 4.39. The highest BCUT2D eigenvalue weighted by atomic mass is 79.9. The number of hydrogen-bond acceptors (Lipinski definition) is 4. The van der Waals surface area contributed by atoms with Gasteiger partial charge in [0.25, 0.3) is 5.69 Å². The maximum Gasteiger partial charge on any atom is 0.323 e. The Labute approximate surface area is 104 Å². The predicted octanol–water partition coefficient (Wildman–Crippen LogP) is 2.02. The fourth-order valence-corrected chi connectivity index (χ4v) is 1.60. The van der Waals surface area contributed by atoms with Crippen LogP contribution < -0.4 is 4.90 Å². The van der Waals surface area contributed by atoms with Crippen molar-refractivity contribution in [3.8, 4) is 0 Å². The van der Waals surface area contributed by atoms with Crippen LogP contribution in [0.15, 0.2) is 16.6 Å². The van der Waals surface area contributed by atoms with Gasteiger partial charge in [0.15, 0.2) is 0 Å². The van der Waals surface area contributed by atoms with Gasteiger partial charge in [-0.05, 0) is 15.9 Å². The number of anilines is 1. The molecule has 0 atom stereocenters. The summed E-state index contributed by atoms with van der Waals surface area (Å²) in [6.45, 7) is -0.456. The number of likely N-dealkylation sites (N-methyl/N-ethyl adjacent to an activating group) is 1. The summed E-state index contributed by atoms with van der Waals surface area (Å²) in [5, 5.41) is 19.3. The van der Waals surface area contributed by atoms with Crippen molar-refractivity contribution in [1.82, 2.24) is 0 Å². The van der Waals surface area contributed by atoms with E-state index in [-0.39, 0.29) is 15.8 Å². The van der Waals surface area contributed by atoms with Crippen molar-refractivity contribution >= 4 is 33.3 Å². The molecule has 17 heavy (non-hydrogen) atoms. The lowest BCUT2D eigenvalue weighted by Crippen LogP contribution is -2.25. The molecule has 0 aromatic heterocycles. The van der Waals surface area contributed by atoms with E-state index >= 15 is 0 Å². The Morgan fingerprint density at radius 3 is 2.71 bits per heavy atom. The van der Waals surface area contributed by atoms with Crippen LogP contribution in [-0.4, -0.2) is 29.6 Å². The number of aliphatic carboxylic acids is 1. The number of halogens is 2. The number of hydrogen-bond donors (Lipinski definition) is 1. The standard InChI is InChI=1S/C9H8BrFN2O4/c1-12(4-9(14)15)7-3-6(11)5(10)2-8(7)13(16)17/h2-3H,4H2,1H3,(H,14,15). The van der Waals surface area contributed by atoms with E-state index in [9.17, 15) is 19.3 Å². The third-order valence-electron chi connectivity index (χ3n) is 2.00. The van der Waals surface area contributed by atoms with Crippen LogP contribution in [0.4, 0.5) is 15.8 Å². The minimum absolute atomic E-state index is 0.0447. The van der Waals surface area contributed by atoms with Gasteiger partial charge >= 0.3 is 5.97 Å². The molecule has 0 saturated carbocycles. The quantitative estimate of drug-likeness (QED) is 0.679. The molecule has 0 aliphatic rings. The first-order chi connectivity index (χ1) is 7.82. The highest BCUT2D eigenvalue weighted by Gasteiger charge is 2.21. The van der Waals surface area contributed by atoms with Crippen molar-refractivity contribution in [2.45, 2.75) is 0 Å². The van der Waals surface area contributed by atoms with E-state index in [0.717, 1.165) is 17.0 Å². The van der Waals surface area contributed by atoms with Gasteiger partial charge in [0.1, 0.15) is 18.0 Å². The van der Waals surface area contributed by atoms with Crippen LogP contribution in [0.5, 0.6) is 0 Å². The second kappa shape index (κ2) is 5.09.